The maximum atomic E-state index is 13.4. The molecule has 5 nitrogen and oxygen atoms in total. The first-order valence-electron chi connectivity index (χ1n) is 10.7. The van der Waals surface area contributed by atoms with Gasteiger partial charge in [-0.05, 0) is 51.5 Å². The highest BCUT2D eigenvalue weighted by Crippen LogP contribution is 2.46. The number of allylic oxidation sites excluding steroid dienone is 2. The molecule has 3 aliphatic rings. The maximum absolute atomic E-state index is 13.4. The Hall–Kier alpha value is -2.43. The average molecular weight is 395 g/mol. The van der Waals surface area contributed by atoms with Gasteiger partial charge < -0.3 is 9.47 Å². The number of hydrogen-bond acceptors (Lipinski definition) is 5. The van der Waals surface area contributed by atoms with Gasteiger partial charge in [-0.25, -0.2) is 0 Å². The Bertz CT molecular complexity index is 863. The van der Waals surface area contributed by atoms with Crippen molar-refractivity contribution in [3.8, 4) is 5.75 Å². The van der Waals surface area contributed by atoms with E-state index in [1.165, 1.54) is 6.42 Å². The molecule has 1 heterocycles. The van der Waals surface area contributed by atoms with Gasteiger partial charge in [0.1, 0.15) is 17.8 Å². The van der Waals surface area contributed by atoms with E-state index < -0.39 is 11.8 Å². The van der Waals surface area contributed by atoms with E-state index in [4.69, 9.17) is 14.5 Å². The Morgan fingerprint density at radius 1 is 1.07 bits per heavy atom. The summed E-state index contributed by atoms with van der Waals surface area (Å²) >= 11 is 0. The molecule has 0 N–H and O–H groups in total. The first kappa shape index (κ1) is 19.9. The molecule has 1 aliphatic heterocycles. The number of para-hydroxylation sites is 1. The fourth-order valence-corrected chi connectivity index (χ4v) is 4.99. The first-order chi connectivity index (χ1) is 14.1. The first-order valence-corrected chi connectivity index (χ1v) is 10.7. The van der Waals surface area contributed by atoms with Crippen LogP contribution in [0.4, 0.5) is 0 Å². The molecule has 5 heteroatoms. The molecule has 2 aliphatic carbocycles. The van der Waals surface area contributed by atoms with Gasteiger partial charge in [0.2, 0.25) is 0 Å². The van der Waals surface area contributed by atoms with Crippen LogP contribution in [0.5, 0.6) is 5.75 Å². The lowest BCUT2D eigenvalue weighted by molar-refractivity contribution is -0.153. The fourth-order valence-electron chi connectivity index (χ4n) is 4.99. The standard InChI is InChI=1S/C24H29NO4/c1-15-21(24(27)29-16-9-4-3-5-10-16)22(17-11-6-7-14-20(17)28-2)23-18(25-15)12-8-13-19(23)26/h6-7,11,14,16,21-22H,3-5,8-10,12-13H2,1-2H3/t21?,22-/m0/s1. The molecule has 0 aromatic heterocycles. The van der Waals surface area contributed by atoms with E-state index in [0.717, 1.165) is 55.5 Å². The van der Waals surface area contributed by atoms with Crippen LogP contribution in [0.1, 0.15) is 69.8 Å². The number of ether oxygens (including phenoxy) is 2. The number of esters is 1. The Morgan fingerprint density at radius 3 is 2.59 bits per heavy atom. The molecule has 0 radical (unpaired) electrons. The summed E-state index contributed by atoms with van der Waals surface area (Å²) in [5, 5.41) is 0. The van der Waals surface area contributed by atoms with Crippen molar-refractivity contribution >= 4 is 17.5 Å². The molecule has 1 saturated carbocycles. The van der Waals surface area contributed by atoms with Gasteiger partial charge in [-0.3, -0.25) is 14.6 Å². The molecule has 0 spiro atoms. The van der Waals surface area contributed by atoms with Crippen LogP contribution < -0.4 is 4.74 Å². The molecular weight excluding hydrogens is 366 g/mol. The van der Waals surface area contributed by atoms with Gasteiger partial charge in [-0.2, -0.15) is 0 Å². The van der Waals surface area contributed by atoms with Crippen molar-refractivity contribution in [3.63, 3.8) is 0 Å². The van der Waals surface area contributed by atoms with Crippen LogP contribution >= 0.6 is 0 Å². The highest BCUT2D eigenvalue weighted by molar-refractivity contribution is 6.09. The third kappa shape index (κ3) is 3.87. The number of aliphatic imine (C=N–C) groups is 1. The lowest BCUT2D eigenvalue weighted by atomic mass is 9.71. The van der Waals surface area contributed by atoms with Crippen molar-refractivity contribution in [2.24, 2.45) is 10.9 Å². The van der Waals surface area contributed by atoms with Gasteiger partial charge in [0.25, 0.3) is 0 Å². The van der Waals surface area contributed by atoms with Crippen molar-refractivity contribution in [2.45, 2.75) is 70.3 Å². The van der Waals surface area contributed by atoms with E-state index in [-0.39, 0.29) is 17.9 Å². The lowest BCUT2D eigenvalue weighted by Gasteiger charge is -2.36. The Labute approximate surface area is 172 Å². The van der Waals surface area contributed by atoms with Crippen molar-refractivity contribution < 1.29 is 19.1 Å². The summed E-state index contributed by atoms with van der Waals surface area (Å²) in [5.41, 5.74) is 3.10. The Kier molecular flexibility index (Phi) is 5.84. The van der Waals surface area contributed by atoms with Crippen LogP contribution in [0, 0.1) is 5.92 Å². The number of benzene rings is 1. The predicted molar refractivity (Wildman–Crippen MR) is 111 cm³/mol. The molecule has 1 fully saturated rings. The number of Topliss-reactive ketones (excluding diaryl/α,β-unsaturated/α-hetero) is 1. The number of hydrogen-bond donors (Lipinski definition) is 0. The average Bonchev–Trinajstić information content (AvgIpc) is 2.73. The zero-order chi connectivity index (χ0) is 20.4. The van der Waals surface area contributed by atoms with Crippen molar-refractivity contribution in [1.82, 2.24) is 0 Å². The second kappa shape index (κ2) is 8.52. The summed E-state index contributed by atoms with van der Waals surface area (Å²) in [4.78, 5) is 31.0. The zero-order valence-electron chi connectivity index (χ0n) is 17.3. The summed E-state index contributed by atoms with van der Waals surface area (Å²) in [6, 6.07) is 7.67. The van der Waals surface area contributed by atoms with E-state index in [0.29, 0.717) is 17.7 Å². The second-order valence-corrected chi connectivity index (χ2v) is 8.28. The van der Waals surface area contributed by atoms with Crippen molar-refractivity contribution in [2.75, 3.05) is 7.11 Å². The normalized spacial score (nSPS) is 25.3. The Balaban J connectivity index is 1.76. The summed E-state index contributed by atoms with van der Waals surface area (Å²) in [7, 11) is 1.62. The van der Waals surface area contributed by atoms with E-state index in [9.17, 15) is 9.59 Å². The third-order valence-electron chi connectivity index (χ3n) is 6.40. The van der Waals surface area contributed by atoms with Crippen LogP contribution in [0.3, 0.4) is 0 Å². The molecule has 1 aromatic rings. The lowest BCUT2D eigenvalue weighted by Crippen LogP contribution is -2.39. The SMILES string of the molecule is COc1ccccc1[C@@H]1C2=C(CCCC2=O)N=C(C)C1C(=O)OC1CCCCC1. The summed E-state index contributed by atoms with van der Waals surface area (Å²) in [5.74, 6) is -0.475. The monoisotopic (exact) mass is 395 g/mol. The third-order valence-corrected chi connectivity index (χ3v) is 6.40. The molecule has 1 unspecified atom stereocenters. The number of nitrogens with zero attached hydrogens (tertiary/aromatic N) is 1. The smallest absolute Gasteiger partial charge is 0.315 e. The molecule has 0 saturated heterocycles. The van der Waals surface area contributed by atoms with Gasteiger partial charge in [-0.1, -0.05) is 24.6 Å². The van der Waals surface area contributed by atoms with Crippen LogP contribution in [-0.2, 0) is 14.3 Å². The fraction of sp³-hybridized carbons (Fsp3) is 0.542. The summed E-state index contributed by atoms with van der Waals surface area (Å²) < 4.78 is 11.5. The molecule has 154 valence electrons. The minimum atomic E-state index is -0.589. The van der Waals surface area contributed by atoms with E-state index >= 15 is 0 Å². The largest absolute Gasteiger partial charge is 0.496 e. The maximum Gasteiger partial charge on any atom is 0.315 e. The van der Waals surface area contributed by atoms with Crippen LogP contribution in [0.2, 0.25) is 0 Å². The van der Waals surface area contributed by atoms with Crippen LogP contribution in [0.15, 0.2) is 40.5 Å². The molecule has 2 atom stereocenters. The van der Waals surface area contributed by atoms with Crippen molar-refractivity contribution in [3.05, 3.63) is 41.1 Å². The van der Waals surface area contributed by atoms with Crippen LogP contribution in [0.25, 0.3) is 0 Å². The van der Waals surface area contributed by atoms with Gasteiger partial charge in [0, 0.05) is 34.9 Å². The second-order valence-electron chi connectivity index (χ2n) is 8.28. The van der Waals surface area contributed by atoms with E-state index in [1.807, 2.05) is 31.2 Å². The van der Waals surface area contributed by atoms with Gasteiger partial charge in [-0.15, -0.1) is 0 Å². The van der Waals surface area contributed by atoms with Crippen LogP contribution in [-0.4, -0.2) is 30.7 Å². The number of ketones is 1. The van der Waals surface area contributed by atoms with E-state index in [2.05, 4.69) is 0 Å². The molecule has 4 rings (SSSR count). The molecule has 29 heavy (non-hydrogen) atoms. The molecule has 1 aromatic carbocycles. The molecule has 0 bridgehead atoms. The Morgan fingerprint density at radius 2 is 1.83 bits per heavy atom. The van der Waals surface area contributed by atoms with Crippen molar-refractivity contribution in [1.29, 1.82) is 0 Å². The summed E-state index contributed by atoms with van der Waals surface area (Å²) in [6.45, 7) is 1.89. The molecular formula is C24H29NO4. The number of rotatable bonds is 4. The highest BCUT2D eigenvalue weighted by Gasteiger charge is 2.44. The zero-order valence-corrected chi connectivity index (χ0v) is 17.3. The number of carbonyl (C=O) groups excluding carboxylic acids is 2. The minimum Gasteiger partial charge on any atom is -0.496 e. The predicted octanol–water partition coefficient (Wildman–Crippen LogP) is 4.75. The topological polar surface area (TPSA) is 65.0 Å². The van der Waals surface area contributed by atoms with E-state index in [1.54, 1.807) is 7.11 Å². The summed E-state index contributed by atoms with van der Waals surface area (Å²) in [6.07, 6.45) is 7.29. The van der Waals surface area contributed by atoms with Gasteiger partial charge in [0.15, 0.2) is 5.78 Å². The number of methoxy groups -OCH3 is 1. The highest BCUT2D eigenvalue weighted by atomic mass is 16.5. The van der Waals surface area contributed by atoms with Gasteiger partial charge >= 0.3 is 5.97 Å². The quantitative estimate of drug-likeness (QED) is 0.690. The molecule has 0 amide bonds. The van der Waals surface area contributed by atoms with Gasteiger partial charge in [0.05, 0.1) is 7.11 Å². The number of carbonyl (C=O) groups is 2. The minimum absolute atomic E-state index is 0.0280.